The third-order valence-electron chi connectivity index (χ3n) is 3.24. The molecular weight excluding hydrogens is 194 g/mol. The van der Waals surface area contributed by atoms with Crippen molar-refractivity contribution in [2.24, 2.45) is 5.16 Å². The zero-order valence-corrected chi connectivity index (χ0v) is 8.10. The smallest absolute Gasteiger partial charge is 0.135 e. The van der Waals surface area contributed by atoms with Gasteiger partial charge in [0.15, 0.2) is 0 Å². The second kappa shape index (κ2) is 2.66. The highest BCUT2D eigenvalue weighted by Gasteiger charge is 2.52. The van der Waals surface area contributed by atoms with Crippen molar-refractivity contribution in [2.45, 2.75) is 18.3 Å². The quantitative estimate of drug-likeness (QED) is 0.416. The summed E-state index contributed by atoms with van der Waals surface area (Å²) in [5, 5.41) is 21.3. The Bertz CT molecular complexity index is 449. The lowest BCUT2D eigenvalue weighted by atomic mass is 9.95. The van der Waals surface area contributed by atoms with E-state index in [1.807, 2.05) is 0 Å². The summed E-state index contributed by atoms with van der Waals surface area (Å²) in [5.74, 6) is 0.959. The molecule has 1 fully saturated rings. The third-order valence-corrected chi connectivity index (χ3v) is 3.24. The first-order valence-corrected chi connectivity index (χ1v) is 4.93. The zero-order valence-electron chi connectivity index (χ0n) is 8.10. The van der Waals surface area contributed by atoms with Crippen LogP contribution in [0.4, 0.5) is 0 Å². The number of phenols is 1. The maximum atomic E-state index is 9.81. The maximum absolute atomic E-state index is 9.81. The van der Waals surface area contributed by atoms with Crippen molar-refractivity contribution < 1.29 is 15.1 Å². The molecule has 2 aliphatic rings. The van der Waals surface area contributed by atoms with Crippen molar-refractivity contribution in [3.63, 3.8) is 0 Å². The van der Waals surface area contributed by atoms with E-state index in [2.05, 4.69) is 5.16 Å². The zero-order chi connectivity index (χ0) is 10.5. The van der Waals surface area contributed by atoms with E-state index < -0.39 is 0 Å². The standard InChI is InChI=1S/C11H11NO3/c13-8-2-1-7(5-12-14)10-9(8)11(3-4-11)6-15-10/h1-2,5,13-14H,3-4,6H2/b12-5+. The molecule has 1 spiro atoms. The molecule has 1 aromatic rings. The minimum atomic E-state index is 0.0404. The predicted octanol–water partition coefficient (Wildman–Crippen LogP) is 1.62. The van der Waals surface area contributed by atoms with E-state index in [1.54, 1.807) is 12.1 Å². The number of oxime groups is 1. The summed E-state index contributed by atoms with van der Waals surface area (Å²) in [7, 11) is 0. The summed E-state index contributed by atoms with van der Waals surface area (Å²) in [6.07, 6.45) is 3.46. The monoisotopic (exact) mass is 205 g/mol. The molecule has 4 nitrogen and oxygen atoms in total. The van der Waals surface area contributed by atoms with Crippen LogP contribution < -0.4 is 4.74 Å². The van der Waals surface area contributed by atoms with Crippen molar-refractivity contribution in [3.8, 4) is 11.5 Å². The molecule has 0 bridgehead atoms. The van der Waals surface area contributed by atoms with Gasteiger partial charge in [-0.15, -0.1) is 0 Å². The lowest BCUT2D eigenvalue weighted by molar-refractivity contribution is 0.317. The van der Waals surface area contributed by atoms with E-state index >= 15 is 0 Å². The average molecular weight is 205 g/mol. The lowest BCUT2D eigenvalue weighted by Gasteiger charge is -2.07. The van der Waals surface area contributed by atoms with E-state index in [1.165, 1.54) is 6.21 Å². The Morgan fingerprint density at radius 2 is 2.20 bits per heavy atom. The Hall–Kier alpha value is -1.71. The fourth-order valence-electron chi connectivity index (χ4n) is 2.25. The second-order valence-corrected chi connectivity index (χ2v) is 4.19. The summed E-state index contributed by atoms with van der Waals surface area (Å²) >= 11 is 0. The van der Waals surface area contributed by atoms with Gasteiger partial charge in [-0.05, 0) is 25.0 Å². The van der Waals surface area contributed by atoms with Crippen LogP contribution in [0, 0.1) is 0 Å². The number of hydrogen-bond donors (Lipinski definition) is 2. The number of rotatable bonds is 1. The van der Waals surface area contributed by atoms with Gasteiger partial charge >= 0.3 is 0 Å². The van der Waals surface area contributed by atoms with Crippen LogP contribution in [-0.2, 0) is 5.41 Å². The van der Waals surface area contributed by atoms with Gasteiger partial charge < -0.3 is 15.1 Å². The van der Waals surface area contributed by atoms with E-state index in [0.717, 1.165) is 18.4 Å². The van der Waals surface area contributed by atoms with Gasteiger partial charge in [-0.3, -0.25) is 0 Å². The molecule has 15 heavy (non-hydrogen) atoms. The highest BCUT2D eigenvalue weighted by Crippen LogP contribution is 2.58. The molecule has 0 saturated heterocycles. The van der Waals surface area contributed by atoms with Gasteiger partial charge in [0.05, 0.1) is 12.8 Å². The van der Waals surface area contributed by atoms with Crippen LogP contribution in [0.1, 0.15) is 24.0 Å². The Kier molecular flexibility index (Phi) is 1.52. The van der Waals surface area contributed by atoms with Crippen LogP contribution in [0.15, 0.2) is 17.3 Å². The van der Waals surface area contributed by atoms with Gasteiger partial charge in [0.1, 0.15) is 11.5 Å². The van der Waals surface area contributed by atoms with Gasteiger partial charge in [-0.25, -0.2) is 0 Å². The molecule has 1 saturated carbocycles. The summed E-state index contributed by atoms with van der Waals surface area (Å²) < 4.78 is 5.58. The van der Waals surface area contributed by atoms with Crippen LogP contribution >= 0.6 is 0 Å². The molecular formula is C11H11NO3. The number of ether oxygens (including phenoxy) is 1. The molecule has 78 valence electrons. The molecule has 3 rings (SSSR count). The first-order chi connectivity index (χ1) is 7.27. The summed E-state index contributed by atoms with van der Waals surface area (Å²) in [6.45, 7) is 0.631. The molecule has 1 aliphatic heterocycles. The maximum Gasteiger partial charge on any atom is 0.135 e. The topological polar surface area (TPSA) is 62.1 Å². The van der Waals surface area contributed by atoms with Crippen molar-refractivity contribution in [3.05, 3.63) is 23.3 Å². The average Bonchev–Trinajstić information content (AvgIpc) is 2.87. The molecule has 4 heteroatoms. The molecule has 1 aromatic carbocycles. The van der Waals surface area contributed by atoms with E-state index in [0.29, 0.717) is 17.9 Å². The van der Waals surface area contributed by atoms with Gasteiger partial charge in [0, 0.05) is 16.5 Å². The Morgan fingerprint density at radius 1 is 1.40 bits per heavy atom. The molecule has 1 aliphatic carbocycles. The van der Waals surface area contributed by atoms with Crippen LogP contribution in [0.5, 0.6) is 11.5 Å². The summed E-state index contributed by atoms with van der Waals surface area (Å²) in [4.78, 5) is 0. The van der Waals surface area contributed by atoms with Crippen LogP contribution in [-0.4, -0.2) is 23.1 Å². The molecule has 2 N–H and O–H groups in total. The Labute approximate surface area is 86.8 Å². The first kappa shape index (κ1) is 8.59. The van der Waals surface area contributed by atoms with Gasteiger partial charge in [0.25, 0.3) is 0 Å². The second-order valence-electron chi connectivity index (χ2n) is 4.19. The van der Waals surface area contributed by atoms with Crippen molar-refractivity contribution in [1.82, 2.24) is 0 Å². The normalized spacial score (nSPS) is 20.5. The number of nitrogens with zero attached hydrogens (tertiary/aromatic N) is 1. The number of benzene rings is 1. The number of aromatic hydroxyl groups is 1. The van der Waals surface area contributed by atoms with Gasteiger partial charge in [-0.1, -0.05) is 5.16 Å². The third kappa shape index (κ3) is 1.04. The van der Waals surface area contributed by atoms with E-state index in [9.17, 15) is 5.11 Å². The van der Waals surface area contributed by atoms with Crippen LogP contribution in [0.3, 0.4) is 0 Å². The number of fused-ring (bicyclic) bond motifs is 2. The molecule has 0 radical (unpaired) electrons. The Balaban J connectivity index is 2.21. The van der Waals surface area contributed by atoms with E-state index in [-0.39, 0.29) is 11.2 Å². The molecule has 0 aromatic heterocycles. The molecule has 0 amide bonds. The van der Waals surface area contributed by atoms with Crippen LogP contribution in [0.2, 0.25) is 0 Å². The van der Waals surface area contributed by atoms with Crippen molar-refractivity contribution in [1.29, 1.82) is 0 Å². The van der Waals surface area contributed by atoms with Crippen LogP contribution in [0.25, 0.3) is 0 Å². The highest BCUT2D eigenvalue weighted by atomic mass is 16.5. The Morgan fingerprint density at radius 3 is 2.87 bits per heavy atom. The van der Waals surface area contributed by atoms with Gasteiger partial charge in [0.2, 0.25) is 0 Å². The summed E-state index contributed by atoms with van der Waals surface area (Å²) in [6, 6.07) is 3.32. The fraction of sp³-hybridized carbons (Fsp3) is 0.364. The SMILES string of the molecule is O/N=C/c1ccc(O)c2c1OCC21CC1. The first-order valence-electron chi connectivity index (χ1n) is 4.93. The largest absolute Gasteiger partial charge is 0.508 e. The molecule has 1 heterocycles. The minimum absolute atomic E-state index is 0.0404. The van der Waals surface area contributed by atoms with Crippen molar-refractivity contribution >= 4 is 6.21 Å². The fourth-order valence-corrected chi connectivity index (χ4v) is 2.25. The minimum Gasteiger partial charge on any atom is -0.508 e. The predicted molar refractivity (Wildman–Crippen MR) is 53.9 cm³/mol. The molecule has 0 atom stereocenters. The number of hydrogen-bond acceptors (Lipinski definition) is 4. The van der Waals surface area contributed by atoms with Gasteiger partial charge in [-0.2, -0.15) is 0 Å². The molecule has 0 unspecified atom stereocenters. The lowest BCUT2D eigenvalue weighted by Crippen LogP contribution is -2.07. The van der Waals surface area contributed by atoms with Crippen molar-refractivity contribution in [2.75, 3.05) is 6.61 Å². The van der Waals surface area contributed by atoms with E-state index in [4.69, 9.17) is 9.94 Å². The number of phenolic OH excluding ortho intramolecular Hbond substituents is 1. The summed E-state index contributed by atoms with van der Waals surface area (Å²) in [5.41, 5.74) is 1.65. The highest BCUT2D eigenvalue weighted by molar-refractivity contribution is 5.85.